The molecule has 0 saturated heterocycles. The number of methoxy groups -OCH3 is 1. The Morgan fingerprint density at radius 2 is 2.07 bits per heavy atom. The number of carbonyl (C=O) groups excluding carboxylic acids is 1. The highest BCUT2D eigenvalue weighted by Gasteiger charge is 2.49. The lowest BCUT2D eigenvalue weighted by atomic mass is 10.1. The number of amides is 1. The normalized spacial score (nSPS) is 15.3. The van der Waals surface area contributed by atoms with Gasteiger partial charge >= 0.3 is 6.18 Å². The maximum Gasteiger partial charge on any atom is 0.408 e. The molecule has 152 valence electrons. The van der Waals surface area contributed by atoms with E-state index < -0.39 is 24.0 Å². The lowest BCUT2D eigenvalue weighted by molar-refractivity contribution is -0.158. The zero-order valence-corrected chi connectivity index (χ0v) is 15.7. The molecule has 0 aromatic carbocycles. The van der Waals surface area contributed by atoms with Gasteiger partial charge in [0.1, 0.15) is 11.7 Å². The van der Waals surface area contributed by atoms with Gasteiger partial charge in [0.2, 0.25) is 5.88 Å². The Labute approximate surface area is 163 Å². The predicted octanol–water partition coefficient (Wildman–Crippen LogP) is 3.18. The number of halogens is 3. The number of imidazole rings is 1. The van der Waals surface area contributed by atoms with Gasteiger partial charge in [0, 0.05) is 6.07 Å². The minimum absolute atomic E-state index is 0.0669. The lowest BCUT2D eigenvalue weighted by Gasteiger charge is -2.21. The number of fused-ring (bicyclic) bond motifs is 1. The number of aryl methyl sites for hydroxylation is 1. The monoisotopic (exact) mass is 405 g/mol. The largest absolute Gasteiger partial charge is 0.481 e. The van der Waals surface area contributed by atoms with Crippen LogP contribution in [-0.2, 0) is 0 Å². The molecule has 0 aliphatic heterocycles. The minimum atomic E-state index is -4.50. The van der Waals surface area contributed by atoms with E-state index in [0.29, 0.717) is 41.3 Å². The first kappa shape index (κ1) is 19.2. The topological polar surface area (TPSA) is 81.4 Å². The van der Waals surface area contributed by atoms with Gasteiger partial charge in [0.25, 0.3) is 5.91 Å². The second-order valence-electron chi connectivity index (χ2n) is 6.99. The molecule has 0 spiro atoms. The first-order valence-corrected chi connectivity index (χ1v) is 9.02. The van der Waals surface area contributed by atoms with Gasteiger partial charge in [-0.15, -0.1) is 0 Å². The van der Waals surface area contributed by atoms with E-state index >= 15 is 0 Å². The molecule has 29 heavy (non-hydrogen) atoms. The fraction of sp³-hybridized carbons (Fsp3) is 0.368. The summed E-state index contributed by atoms with van der Waals surface area (Å²) in [5.41, 5.74) is 1.96. The summed E-state index contributed by atoms with van der Waals surface area (Å²) in [7, 11) is 1.49. The highest BCUT2D eigenvalue weighted by molar-refractivity contribution is 5.93. The summed E-state index contributed by atoms with van der Waals surface area (Å²) in [4.78, 5) is 21.1. The SMILES string of the molecule is COc1cccc(-c2cc(C)c3ncc(C(=O)NC(C4CC4)C(F)(F)F)n3n2)n1. The average molecular weight is 405 g/mol. The molecule has 3 aromatic heterocycles. The molecule has 3 heterocycles. The molecule has 0 bridgehead atoms. The smallest absolute Gasteiger partial charge is 0.408 e. The molecule has 1 unspecified atom stereocenters. The van der Waals surface area contributed by atoms with Crippen molar-refractivity contribution in [1.29, 1.82) is 0 Å². The minimum Gasteiger partial charge on any atom is -0.481 e. The molecule has 1 atom stereocenters. The van der Waals surface area contributed by atoms with Gasteiger partial charge in [-0.05, 0) is 43.4 Å². The number of aromatic nitrogens is 4. The Bertz CT molecular complexity index is 1080. The summed E-state index contributed by atoms with van der Waals surface area (Å²) in [6, 6.07) is 5.02. The van der Waals surface area contributed by atoms with Gasteiger partial charge in [0.15, 0.2) is 11.3 Å². The summed E-state index contributed by atoms with van der Waals surface area (Å²) in [6.45, 7) is 1.78. The molecule has 4 rings (SSSR count). The number of hydrogen-bond acceptors (Lipinski definition) is 5. The van der Waals surface area contributed by atoms with Crippen LogP contribution in [-0.4, -0.2) is 44.8 Å². The van der Waals surface area contributed by atoms with Gasteiger partial charge in [0.05, 0.1) is 19.0 Å². The summed E-state index contributed by atoms with van der Waals surface area (Å²) in [5, 5.41) is 6.50. The fourth-order valence-electron chi connectivity index (χ4n) is 3.18. The van der Waals surface area contributed by atoms with Crippen molar-refractivity contribution in [2.45, 2.75) is 32.0 Å². The van der Waals surface area contributed by atoms with E-state index in [2.05, 4.69) is 20.4 Å². The number of pyridine rings is 1. The van der Waals surface area contributed by atoms with Crippen molar-refractivity contribution >= 4 is 11.6 Å². The Balaban J connectivity index is 1.72. The molecule has 1 fully saturated rings. The summed E-state index contributed by atoms with van der Waals surface area (Å²) >= 11 is 0. The van der Waals surface area contributed by atoms with Crippen LogP contribution >= 0.6 is 0 Å². The molecule has 1 saturated carbocycles. The van der Waals surface area contributed by atoms with Crippen LogP contribution in [0.3, 0.4) is 0 Å². The zero-order valence-electron chi connectivity index (χ0n) is 15.7. The van der Waals surface area contributed by atoms with Gasteiger partial charge in [-0.2, -0.15) is 18.3 Å². The second-order valence-corrected chi connectivity index (χ2v) is 6.99. The van der Waals surface area contributed by atoms with Crippen molar-refractivity contribution in [2.24, 2.45) is 5.92 Å². The summed E-state index contributed by atoms with van der Waals surface area (Å²) in [6.07, 6.45) is -2.38. The molecular weight excluding hydrogens is 387 g/mol. The van der Waals surface area contributed by atoms with Crippen LogP contribution in [0.5, 0.6) is 5.88 Å². The highest BCUT2D eigenvalue weighted by Crippen LogP contribution is 2.40. The average Bonchev–Trinajstić information content (AvgIpc) is 3.42. The first-order valence-electron chi connectivity index (χ1n) is 9.02. The molecular formula is C19H18F3N5O2. The van der Waals surface area contributed by atoms with Crippen molar-refractivity contribution in [3.8, 4) is 17.3 Å². The number of nitrogens with one attached hydrogen (secondary N) is 1. The van der Waals surface area contributed by atoms with E-state index in [1.54, 1.807) is 31.2 Å². The lowest BCUT2D eigenvalue weighted by Crippen LogP contribution is -2.47. The van der Waals surface area contributed by atoms with Crippen LogP contribution in [0.4, 0.5) is 13.2 Å². The molecule has 1 amide bonds. The fourth-order valence-corrected chi connectivity index (χ4v) is 3.18. The van der Waals surface area contributed by atoms with Gasteiger partial charge < -0.3 is 10.1 Å². The van der Waals surface area contributed by atoms with Gasteiger partial charge in [-0.25, -0.2) is 14.5 Å². The van der Waals surface area contributed by atoms with Crippen LogP contribution in [0.2, 0.25) is 0 Å². The standard InChI is InChI=1S/C19H18F3N5O2/c1-10-8-13(12-4-3-5-15(24-12)29-2)26-27-14(9-23-17(10)27)18(28)25-16(11-6-7-11)19(20,21)22/h3-5,8-9,11,16H,6-7H2,1-2H3,(H,25,28). The van der Waals surface area contributed by atoms with Gasteiger partial charge in [-0.3, -0.25) is 4.79 Å². The molecule has 1 N–H and O–H groups in total. The molecule has 10 heteroatoms. The van der Waals surface area contributed by atoms with E-state index in [9.17, 15) is 18.0 Å². The van der Waals surface area contributed by atoms with Gasteiger partial charge in [-0.1, -0.05) is 6.07 Å². The quantitative estimate of drug-likeness (QED) is 0.705. The maximum atomic E-state index is 13.3. The van der Waals surface area contributed by atoms with Crippen LogP contribution in [0.25, 0.3) is 17.0 Å². The van der Waals surface area contributed by atoms with Crippen molar-refractivity contribution < 1.29 is 22.7 Å². The number of rotatable bonds is 5. The van der Waals surface area contributed by atoms with Crippen LogP contribution < -0.4 is 10.1 Å². The van der Waals surface area contributed by atoms with Crippen LogP contribution in [0.1, 0.15) is 28.9 Å². The maximum absolute atomic E-state index is 13.3. The van der Waals surface area contributed by atoms with Crippen LogP contribution in [0.15, 0.2) is 30.5 Å². The number of nitrogens with zero attached hydrogens (tertiary/aromatic N) is 4. The van der Waals surface area contributed by atoms with E-state index in [1.165, 1.54) is 17.8 Å². The van der Waals surface area contributed by atoms with E-state index in [-0.39, 0.29) is 5.69 Å². The van der Waals surface area contributed by atoms with Crippen molar-refractivity contribution in [3.63, 3.8) is 0 Å². The predicted molar refractivity (Wildman–Crippen MR) is 97.5 cm³/mol. The molecule has 1 aliphatic rings. The van der Waals surface area contributed by atoms with Crippen molar-refractivity contribution in [1.82, 2.24) is 24.9 Å². The third-order valence-electron chi connectivity index (χ3n) is 4.81. The van der Waals surface area contributed by atoms with Crippen molar-refractivity contribution in [3.05, 3.63) is 41.7 Å². The van der Waals surface area contributed by atoms with E-state index in [0.717, 1.165) is 0 Å². The summed E-state index contributed by atoms with van der Waals surface area (Å²) < 4.78 is 46.2. The Morgan fingerprint density at radius 1 is 1.31 bits per heavy atom. The third-order valence-corrected chi connectivity index (χ3v) is 4.81. The zero-order chi connectivity index (χ0) is 20.8. The highest BCUT2D eigenvalue weighted by atomic mass is 19.4. The second kappa shape index (κ2) is 7.02. The Kier molecular flexibility index (Phi) is 4.64. The molecule has 3 aromatic rings. The van der Waals surface area contributed by atoms with Crippen LogP contribution in [0, 0.1) is 12.8 Å². The molecule has 0 radical (unpaired) electrons. The van der Waals surface area contributed by atoms with E-state index in [1.807, 2.05) is 0 Å². The molecule has 7 nitrogen and oxygen atoms in total. The van der Waals surface area contributed by atoms with Crippen molar-refractivity contribution in [2.75, 3.05) is 7.11 Å². The number of carbonyl (C=O) groups is 1. The first-order chi connectivity index (χ1) is 13.8. The Morgan fingerprint density at radius 3 is 2.72 bits per heavy atom. The Hall–Kier alpha value is -3.17. The third kappa shape index (κ3) is 3.74. The number of ether oxygens (including phenoxy) is 1. The summed E-state index contributed by atoms with van der Waals surface area (Å²) in [5.74, 6) is -1.05. The number of alkyl halides is 3. The number of hydrogen-bond donors (Lipinski definition) is 1. The molecule has 1 aliphatic carbocycles. The van der Waals surface area contributed by atoms with E-state index in [4.69, 9.17) is 4.74 Å².